The number of amides is 1. The highest BCUT2D eigenvalue weighted by molar-refractivity contribution is 5.96. The van der Waals surface area contributed by atoms with Crippen molar-refractivity contribution in [3.8, 4) is 11.5 Å². The molecule has 0 unspecified atom stereocenters. The van der Waals surface area contributed by atoms with Crippen LogP contribution in [-0.4, -0.2) is 35.7 Å². The molecule has 0 spiro atoms. The van der Waals surface area contributed by atoms with E-state index < -0.39 is 0 Å². The van der Waals surface area contributed by atoms with Gasteiger partial charge in [0, 0.05) is 30.6 Å². The number of nitrogens with zero attached hydrogens (tertiary/aromatic N) is 3. The fraction of sp³-hybridized carbons (Fsp3) is 0.286. The Balaban J connectivity index is 1.40. The molecule has 0 saturated carbocycles. The average molecular weight is 456 g/mol. The molecule has 6 nitrogen and oxygen atoms in total. The van der Waals surface area contributed by atoms with E-state index in [1.807, 2.05) is 47.4 Å². The van der Waals surface area contributed by atoms with E-state index in [2.05, 4.69) is 42.7 Å². The number of aromatic nitrogens is 2. The number of carbonyl (C=O) groups is 1. The van der Waals surface area contributed by atoms with Crippen LogP contribution in [0.3, 0.4) is 0 Å². The van der Waals surface area contributed by atoms with Crippen LogP contribution in [0.2, 0.25) is 0 Å². The summed E-state index contributed by atoms with van der Waals surface area (Å²) >= 11 is 0. The van der Waals surface area contributed by atoms with Crippen LogP contribution in [-0.2, 0) is 11.3 Å². The van der Waals surface area contributed by atoms with Crippen molar-refractivity contribution >= 4 is 22.6 Å². The van der Waals surface area contributed by atoms with E-state index in [4.69, 9.17) is 14.5 Å². The maximum Gasteiger partial charge on any atom is 0.227 e. The molecular formula is C28H29N3O3. The minimum Gasteiger partial charge on any atom is -0.497 e. The van der Waals surface area contributed by atoms with Gasteiger partial charge in [-0.2, -0.15) is 0 Å². The molecule has 0 radical (unpaired) electrons. The molecule has 174 valence electrons. The lowest BCUT2D eigenvalue weighted by molar-refractivity contribution is -0.117. The molecule has 1 atom stereocenters. The molecule has 0 bridgehead atoms. The number of ether oxygens (including phenoxy) is 2. The van der Waals surface area contributed by atoms with Crippen LogP contribution < -0.4 is 14.4 Å². The Morgan fingerprint density at radius 1 is 0.971 bits per heavy atom. The van der Waals surface area contributed by atoms with Gasteiger partial charge in [0.15, 0.2) is 0 Å². The van der Waals surface area contributed by atoms with E-state index in [-0.39, 0.29) is 11.8 Å². The highest BCUT2D eigenvalue weighted by atomic mass is 16.5. The van der Waals surface area contributed by atoms with Crippen molar-refractivity contribution in [3.63, 3.8) is 0 Å². The predicted molar refractivity (Wildman–Crippen MR) is 134 cm³/mol. The Morgan fingerprint density at radius 3 is 2.56 bits per heavy atom. The number of hydrogen-bond donors (Lipinski definition) is 0. The van der Waals surface area contributed by atoms with Crippen LogP contribution >= 0.6 is 0 Å². The molecule has 1 aliphatic rings. The monoisotopic (exact) mass is 455 g/mol. The first-order valence-corrected chi connectivity index (χ1v) is 11.6. The van der Waals surface area contributed by atoms with Crippen molar-refractivity contribution in [3.05, 3.63) is 83.7 Å². The fourth-order valence-corrected chi connectivity index (χ4v) is 4.82. The second kappa shape index (κ2) is 9.21. The number of hydrogen-bond acceptors (Lipinski definition) is 4. The minimum atomic E-state index is 0.00677. The van der Waals surface area contributed by atoms with E-state index in [9.17, 15) is 4.79 Å². The third-order valence-electron chi connectivity index (χ3n) is 6.32. The van der Waals surface area contributed by atoms with Crippen LogP contribution in [0.15, 0.2) is 66.7 Å². The molecule has 0 N–H and O–H groups in total. The van der Waals surface area contributed by atoms with Crippen molar-refractivity contribution in [2.45, 2.75) is 32.7 Å². The Kier molecular flexibility index (Phi) is 5.97. The van der Waals surface area contributed by atoms with E-state index in [0.717, 1.165) is 34.0 Å². The van der Waals surface area contributed by atoms with Gasteiger partial charge in [0.05, 0.1) is 24.7 Å². The lowest BCUT2D eigenvalue weighted by Gasteiger charge is -2.18. The van der Waals surface area contributed by atoms with Crippen molar-refractivity contribution in [1.29, 1.82) is 0 Å². The molecule has 5 rings (SSSR count). The van der Waals surface area contributed by atoms with Gasteiger partial charge in [-0.25, -0.2) is 4.98 Å². The lowest BCUT2D eigenvalue weighted by Crippen LogP contribution is -2.24. The van der Waals surface area contributed by atoms with Gasteiger partial charge < -0.3 is 18.9 Å². The summed E-state index contributed by atoms with van der Waals surface area (Å²) in [6, 6.07) is 22.0. The smallest absolute Gasteiger partial charge is 0.227 e. The number of aryl methyl sites for hydroxylation is 2. The van der Waals surface area contributed by atoms with Crippen LogP contribution in [0, 0.1) is 13.8 Å². The largest absolute Gasteiger partial charge is 0.497 e. The molecule has 0 aliphatic carbocycles. The second-order valence-corrected chi connectivity index (χ2v) is 8.89. The average Bonchev–Trinajstić information content (AvgIpc) is 3.39. The molecule has 1 saturated heterocycles. The Bertz CT molecular complexity index is 1320. The van der Waals surface area contributed by atoms with Crippen LogP contribution in [0.25, 0.3) is 11.0 Å². The first-order chi connectivity index (χ1) is 16.5. The number of anilines is 1. The van der Waals surface area contributed by atoms with Gasteiger partial charge in [0.1, 0.15) is 23.9 Å². The van der Waals surface area contributed by atoms with Crippen LogP contribution in [0.1, 0.15) is 29.3 Å². The van der Waals surface area contributed by atoms with Crippen LogP contribution in [0.5, 0.6) is 11.5 Å². The normalized spacial score (nSPS) is 15.8. The molecule has 3 aromatic carbocycles. The summed E-state index contributed by atoms with van der Waals surface area (Å²) in [5.74, 6) is 2.66. The van der Waals surface area contributed by atoms with Crippen LogP contribution in [0.4, 0.5) is 5.69 Å². The molecule has 4 aromatic rings. The zero-order valence-corrected chi connectivity index (χ0v) is 19.8. The van der Waals surface area contributed by atoms with Gasteiger partial charge >= 0.3 is 0 Å². The van der Waals surface area contributed by atoms with E-state index in [1.54, 1.807) is 7.11 Å². The molecule has 1 amide bonds. The minimum absolute atomic E-state index is 0.00677. The lowest BCUT2D eigenvalue weighted by atomic mass is 10.1. The van der Waals surface area contributed by atoms with Crippen molar-refractivity contribution in [2.24, 2.45) is 0 Å². The molecule has 1 aromatic heterocycles. The summed E-state index contributed by atoms with van der Waals surface area (Å²) in [4.78, 5) is 19.8. The molecule has 1 aliphatic heterocycles. The second-order valence-electron chi connectivity index (χ2n) is 8.89. The summed E-state index contributed by atoms with van der Waals surface area (Å²) in [6.45, 7) is 5.93. The van der Waals surface area contributed by atoms with Gasteiger partial charge in [-0.1, -0.05) is 24.3 Å². The number of rotatable bonds is 7. The summed E-state index contributed by atoms with van der Waals surface area (Å²) in [7, 11) is 1.64. The maximum absolute atomic E-state index is 13.0. The van der Waals surface area contributed by atoms with Crippen molar-refractivity contribution < 1.29 is 14.3 Å². The zero-order valence-electron chi connectivity index (χ0n) is 19.8. The van der Waals surface area contributed by atoms with Gasteiger partial charge in [0.2, 0.25) is 5.91 Å². The number of benzene rings is 3. The topological polar surface area (TPSA) is 56.6 Å². The van der Waals surface area contributed by atoms with E-state index >= 15 is 0 Å². The standard InChI is InChI=1S/C28H29N3O3/c1-19-13-20(2)15-24(14-19)34-12-11-30-26-10-5-4-9-25(26)29-28(30)21-16-27(32)31(18-21)22-7-6-8-23(17-22)33-3/h4-10,13-15,17,21H,11-12,16,18H2,1-3H3/t21-/m1/s1. The first-order valence-electron chi connectivity index (χ1n) is 11.6. The highest BCUT2D eigenvalue weighted by Gasteiger charge is 2.35. The number of para-hydroxylation sites is 2. The van der Waals surface area contributed by atoms with Gasteiger partial charge in [-0.15, -0.1) is 0 Å². The summed E-state index contributed by atoms with van der Waals surface area (Å²) in [6.07, 6.45) is 0.429. The fourth-order valence-electron chi connectivity index (χ4n) is 4.82. The van der Waals surface area contributed by atoms with E-state index in [0.29, 0.717) is 26.1 Å². The summed E-state index contributed by atoms with van der Waals surface area (Å²) < 4.78 is 13.7. The number of carbonyl (C=O) groups excluding carboxylic acids is 1. The third-order valence-corrected chi connectivity index (χ3v) is 6.32. The summed E-state index contributed by atoms with van der Waals surface area (Å²) in [5, 5.41) is 0. The van der Waals surface area contributed by atoms with Gasteiger partial charge in [-0.05, 0) is 61.4 Å². The van der Waals surface area contributed by atoms with Gasteiger partial charge in [0.25, 0.3) is 0 Å². The summed E-state index contributed by atoms with van der Waals surface area (Å²) in [5.41, 5.74) is 5.23. The third kappa shape index (κ3) is 4.36. The molecule has 2 heterocycles. The maximum atomic E-state index is 13.0. The molecular weight excluding hydrogens is 426 g/mol. The zero-order chi connectivity index (χ0) is 23.7. The van der Waals surface area contributed by atoms with Crippen molar-refractivity contribution in [2.75, 3.05) is 25.2 Å². The number of imidazole rings is 1. The van der Waals surface area contributed by atoms with E-state index in [1.165, 1.54) is 11.1 Å². The predicted octanol–water partition coefficient (Wildman–Crippen LogP) is 5.26. The van der Waals surface area contributed by atoms with Gasteiger partial charge in [-0.3, -0.25) is 4.79 Å². The quantitative estimate of drug-likeness (QED) is 0.381. The van der Waals surface area contributed by atoms with Crippen molar-refractivity contribution in [1.82, 2.24) is 9.55 Å². The Labute approximate surface area is 199 Å². The molecule has 1 fully saturated rings. The molecule has 6 heteroatoms. The first kappa shape index (κ1) is 22.0. The highest BCUT2D eigenvalue weighted by Crippen LogP contribution is 2.34. The SMILES string of the molecule is COc1cccc(N2C[C@H](c3nc4ccccc4n3CCOc3cc(C)cc(C)c3)CC2=O)c1. The Hall–Kier alpha value is -3.80. The number of methoxy groups -OCH3 is 1. The number of fused-ring (bicyclic) bond motifs is 1. The molecule has 34 heavy (non-hydrogen) atoms. The Morgan fingerprint density at radius 2 is 1.76 bits per heavy atom.